The number of nitrogens with zero attached hydrogens (tertiary/aromatic N) is 1. The van der Waals surface area contributed by atoms with E-state index in [4.69, 9.17) is 0 Å². The van der Waals surface area contributed by atoms with E-state index >= 15 is 0 Å². The maximum atomic E-state index is 10.6. The summed E-state index contributed by atoms with van der Waals surface area (Å²) in [5, 5.41) is 20.0. The molecule has 0 heterocycles. The van der Waals surface area contributed by atoms with Crippen molar-refractivity contribution in [3.8, 4) is 5.75 Å². The predicted molar refractivity (Wildman–Crippen MR) is 49.0 cm³/mol. The highest BCUT2D eigenvalue weighted by atomic mass is 16.6. The summed E-state index contributed by atoms with van der Waals surface area (Å²) in [4.78, 5) is 10.2. The molecule has 1 aromatic rings. The molecule has 4 nitrogen and oxygen atoms in total. The molecule has 0 spiro atoms. The minimum Gasteiger partial charge on any atom is -0.508 e. The van der Waals surface area contributed by atoms with Gasteiger partial charge in [-0.05, 0) is 26.8 Å². The highest BCUT2D eigenvalue weighted by molar-refractivity contribution is 5.55. The van der Waals surface area contributed by atoms with Crippen molar-refractivity contribution in [1.29, 1.82) is 0 Å². The molecule has 0 unspecified atom stereocenters. The van der Waals surface area contributed by atoms with Crippen LogP contribution in [0.25, 0.3) is 0 Å². The average molecular weight is 181 g/mol. The van der Waals surface area contributed by atoms with Gasteiger partial charge in [-0.1, -0.05) is 0 Å². The molecule has 0 saturated heterocycles. The Morgan fingerprint density at radius 1 is 1.31 bits per heavy atom. The molecule has 0 bridgehead atoms. The van der Waals surface area contributed by atoms with Gasteiger partial charge >= 0.3 is 0 Å². The van der Waals surface area contributed by atoms with Crippen molar-refractivity contribution >= 4 is 5.69 Å². The lowest BCUT2D eigenvalue weighted by Crippen LogP contribution is -1.97. The quantitative estimate of drug-likeness (QED) is 0.533. The van der Waals surface area contributed by atoms with E-state index in [1.165, 1.54) is 6.07 Å². The summed E-state index contributed by atoms with van der Waals surface area (Å²) in [5.74, 6) is 0.112. The van der Waals surface area contributed by atoms with E-state index in [9.17, 15) is 15.2 Å². The summed E-state index contributed by atoms with van der Waals surface area (Å²) in [6.45, 7) is 4.92. The van der Waals surface area contributed by atoms with Crippen LogP contribution < -0.4 is 0 Å². The van der Waals surface area contributed by atoms with Gasteiger partial charge in [0.2, 0.25) is 0 Å². The van der Waals surface area contributed by atoms with Gasteiger partial charge in [-0.2, -0.15) is 0 Å². The van der Waals surface area contributed by atoms with Crippen LogP contribution in [-0.2, 0) is 0 Å². The van der Waals surface area contributed by atoms with Gasteiger partial charge < -0.3 is 5.11 Å². The Balaban J connectivity index is 3.53. The third kappa shape index (κ3) is 1.47. The van der Waals surface area contributed by atoms with Crippen molar-refractivity contribution < 1.29 is 10.0 Å². The Hall–Kier alpha value is -1.58. The van der Waals surface area contributed by atoms with Crippen LogP contribution in [0.2, 0.25) is 0 Å². The molecule has 0 aromatic heterocycles. The number of phenolic OH excluding ortho intramolecular Hbond substituents is 1. The van der Waals surface area contributed by atoms with Crippen molar-refractivity contribution in [3.63, 3.8) is 0 Å². The summed E-state index contributed by atoms with van der Waals surface area (Å²) in [5.41, 5.74) is 1.68. The van der Waals surface area contributed by atoms with Gasteiger partial charge in [0.25, 0.3) is 5.69 Å². The van der Waals surface area contributed by atoms with E-state index in [0.29, 0.717) is 16.7 Å². The highest BCUT2D eigenvalue weighted by Gasteiger charge is 2.18. The van der Waals surface area contributed by atoms with Gasteiger partial charge in [-0.25, -0.2) is 0 Å². The standard InChI is InChI=1S/C9H11NO3/c1-5-4-8(11)6(2)7(3)9(5)10(12)13/h4,11H,1-3H3. The zero-order valence-corrected chi connectivity index (χ0v) is 7.79. The van der Waals surface area contributed by atoms with Crippen molar-refractivity contribution in [2.24, 2.45) is 0 Å². The number of hydrogen-bond donors (Lipinski definition) is 1. The maximum Gasteiger partial charge on any atom is 0.275 e. The number of nitro benzene ring substituents is 1. The summed E-state index contributed by atoms with van der Waals surface area (Å²) in [7, 11) is 0. The van der Waals surface area contributed by atoms with Gasteiger partial charge in [-0.15, -0.1) is 0 Å². The summed E-state index contributed by atoms with van der Waals surface area (Å²) >= 11 is 0. The summed E-state index contributed by atoms with van der Waals surface area (Å²) in [6, 6.07) is 1.42. The fourth-order valence-electron chi connectivity index (χ4n) is 1.33. The highest BCUT2D eigenvalue weighted by Crippen LogP contribution is 2.31. The Bertz CT molecular complexity index is 372. The molecule has 1 aromatic carbocycles. The summed E-state index contributed by atoms with van der Waals surface area (Å²) in [6.07, 6.45) is 0. The minimum atomic E-state index is -0.420. The number of phenols is 1. The predicted octanol–water partition coefficient (Wildman–Crippen LogP) is 2.23. The number of aryl methyl sites for hydroxylation is 1. The van der Waals surface area contributed by atoms with E-state index < -0.39 is 4.92 Å². The van der Waals surface area contributed by atoms with Crippen LogP contribution in [0, 0.1) is 30.9 Å². The molecule has 0 aliphatic carbocycles. The lowest BCUT2D eigenvalue weighted by Gasteiger charge is -2.06. The summed E-state index contributed by atoms with van der Waals surface area (Å²) < 4.78 is 0. The van der Waals surface area contributed by atoms with Crippen molar-refractivity contribution in [1.82, 2.24) is 0 Å². The molecule has 0 atom stereocenters. The largest absolute Gasteiger partial charge is 0.508 e. The second-order valence-corrected chi connectivity index (χ2v) is 3.07. The number of rotatable bonds is 1. The molecule has 0 aliphatic heterocycles. The van der Waals surface area contributed by atoms with E-state index in [1.807, 2.05) is 0 Å². The molecule has 4 heteroatoms. The third-order valence-electron chi connectivity index (χ3n) is 2.21. The van der Waals surface area contributed by atoms with Crippen molar-refractivity contribution in [2.75, 3.05) is 0 Å². The van der Waals surface area contributed by atoms with Crippen LogP contribution in [0.4, 0.5) is 5.69 Å². The zero-order valence-electron chi connectivity index (χ0n) is 7.79. The topological polar surface area (TPSA) is 63.4 Å². The first-order chi connectivity index (χ1) is 5.95. The third-order valence-corrected chi connectivity index (χ3v) is 2.21. The Kier molecular flexibility index (Phi) is 2.23. The Morgan fingerprint density at radius 3 is 2.31 bits per heavy atom. The number of nitro groups is 1. The smallest absolute Gasteiger partial charge is 0.275 e. The minimum absolute atomic E-state index is 0.0929. The molecule has 0 amide bonds. The first kappa shape index (κ1) is 9.51. The van der Waals surface area contributed by atoms with Gasteiger partial charge in [0.1, 0.15) is 5.75 Å². The molecule has 0 aliphatic rings. The van der Waals surface area contributed by atoms with Gasteiger partial charge in [0.05, 0.1) is 4.92 Å². The monoisotopic (exact) mass is 181 g/mol. The second-order valence-electron chi connectivity index (χ2n) is 3.07. The molecule has 1 N–H and O–H groups in total. The average Bonchev–Trinajstić information content (AvgIpc) is 1.99. The number of hydrogen-bond acceptors (Lipinski definition) is 3. The van der Waals surface area contributed by atoms with Crippen LogP contribution in [0.5, 0.6) is 5.75 Å². The molecule has 70 valence electrons. The van der Waals surface area contributed by atoms with Crippen molar-refractivity contribution in [3.05, 3.63) is 32.9 Å². The van der Waals surface area contributed by atoms with Crippen LogP contribution in [0.3, 0.4) is 0 Å². The van der Waals surface area contributed by atoms with E-state index in [0.717, 1.165) is 0 Å². The van der Waals surface area contributed by atoms with Crippen molar-refractivity contribution in [2.45, 2.75) is 20.8 Å². The first-order valence-electron chi connectivity index (χ1n) is 3.89. The molecule has 0 fully saturated rings. The lowest BCUT2D eigenvalue weighted by molar-refractivity contribution is -0.386. The van der Waals surface area contributed by atoms with Crippen LogP contribution in [0.1, 0.15) is 16.7 Å². The molecular formula is C9H11NO3. The normalized spacial score (nSPS) is 10.1. The number of aromatic hydroxyl groups is 1. The Morgan fingerprint density at radius 2 is 1.85 bits per heavy atom. The van der Waals surface area contributed by atoms with Crippen LogP contribution in [0.15, 0.2) is 6.07 Å². The van der Waals surface area contributed by atoms with E-state index in [1.54, 1.807) is 20.8 Å². The fourth-order valence-corrected chi connectivity index (χ4v) is 1.33. The van der Waals surface area contributed by atoms with Gasteiger partial charge in [-0.3, -0.25) is 10.1 Å². The van der Waals surface area contributed by atoms with Gasteiger partial charge in [0, 0.05) is 16.7 Å². The van der Waals surface area contributed by atoms with Crippen LogP contribution in [-0.4, -0.2) is 10.0 Å². The molecule has 0 radical (unpaired) electrons. The molecule has 1 rings (SSSR count). The van der Waals surface area contributed by atoms with E-state index in [2.05, 4.69) is 0 Å². The SMILES string of the molecule is Cc1cc(O)c(C)c(C)c1[N+](=O)[O-]. The second kappa shape index (κ2) is 3.05. The zero-order chi connectivity index (χ0) is 10.2. The molecule has 13 heavy (non-hydrogen) atoms. The number of benzene rings is 1. The fraction of sp³-hybridized carbons (Fsp3) is 0.333. The Labute approximate surface area is 76.0 Å². The van der Waals surface area contributed by atoms with Crippen LogP contribution >= 0.6 is 0 Å². The molecule has 0 saturated carbocycles. The van der Waals surface area contributed by atoms with Gasteiger partial charge in [0.15, 0.2) is 0 Å². The first-order valence-corrected chi connectivity index (χ1v) is 3.89. The molecular weight excluding hydrogens is 170 g/mol. The lowest BCUT2D eigenvalue weighted by atomic mass is 10.0. The van der Waals surface area contributed by atoms with E-state index in [-0.39, 0.29) is 11.4 Å². The maximum absolute atomic E-state index is 10.6.